The highest BCUT2D eigenvalue weighted by Gasteiger charge is 2.46. The third kappa shape index (κ3) is 13.6. The molecule has 458 valence electrons. The maximum atomic E-state index is 14.5. The average Bonchev–Trinajstić information content (AvgIpc) is 1.66. The highest BCUT2D eigenvalue weighted by Crippen LogP contribution is 2.52. The number of carbonyl (C=O) groups excluding carboxylic acids is 1. The van der Waals surface area contributed by atoms with Crippen LogP contribution in [0.4, 0.5) is 11.4 Å². The maximum absolute atomic E-state index is 14.5. The van der Waals surface area contributed by atoms with Gasteiger partial charge in [0.15, 0.2) is 17.2 Å². The Bertz CT molecular complexity index is 4210. The summed E-state index contributed by atoms with van der Waals surface area (Å²) in [6.07, 6.45) is 10.2. The summed E-state index contributed by atoms with van der Waals surface area (Å²) in [5, 5.41) is 18.0. The highest BCUT2D eigenvalue weighted by molar-refractivity contribution is 7.94. The van der Waals surface area contributed by atoms with Crippen LogP contribution in [-0.4, -0.2) is 119 Å². The van der Waals surface area contributed by atoms with E-state index in [1.807, 2.05) is 97.8 Å². The van der Waals surface area contributed by atoms with Crippen molar-refractivity contribution in [3.8, 4) is 11.5 Å². The number of ether oxygens (including phenoxy) is 2. The summed E-state index contributed by atoms with van der Waals surface area (Å²) in [5.74, 6) is 0.765. The lowest BCUT2D eigenvalue weighted by Gasteiger charge is -2.27. The molecular formula is C60H63N4O17S5-3. The fourth-order valence-corrected chi connectivity index (χ4v) is 15.5. The summed E-state index contributed by atoms with van der Waals surface area (Å²) in [6.45, 7) is 8.54. The topological polar surface area (TPSA) is 304 Å². The van der Waals surface area contributed by atoms with Crippen molar-refractivity contribution in [1.29, 1.82) is 0 Å². The van der Waals surface area contributed by atoms with Crippen LogP contribution in [0.25, 0.3) is 21.5 Å². The summed E-state index contributed by atoms with van der Waals surface area (Å²) in [4.78, 5) is 13.4. The number of allylic oxidation sites excluding steroid dienone is 6. The number of rotatable bonds is 26. The molecular weight excluding hydrogens is 1210 g/mol. The molecule has 1 unspecified atom stereocenters. The van der Waals surface area contributed by atoms with Crippen LogP contribution in [0.2, 0.25) is 0 Å². The predicted molar refractivity (Wildman–Crippen MR) is 319 cm³/mol. The van der Waals surface area contributed by atoms with Gasteiger partial charge in [0.05, 0.1) is 30.2 Å². The van der Waals surface area contributed by atoms with Crippen LogP contribution in [0, 0.1) is 0 Å². The number of sulfonamides is 1. The van der Waals surface area contributed by atoms with E-state index in [0.29, 0.717) is 88.4 Å². The lowest BCUT2D eigenvalue weighted by Crippen LogP contribution is -2.30. The zero-order valence-electron chi connectivity index (χ0n) is 47.6. The molecule has 0 radical (unpaired) electrons. The van der Waals surface area contributed by atoms with Crippen LogP contribution in [0.5, 0.6) is 11.5 Å². The SMILES string of the molecule is CN(CCCC(=O)NCCC(c1ccccc1)c1ccc2c(c1)OCO2)S(=O)(=O)c1cccc2c3c(ccc12)N(CCCS(=O)(=O)[O-])C(=CC=CC=CC1=[N+](CCCSOO[O-])c2ccc4c(S(=O)(=O)[O-])cc(S(=O)(=O)[O-])cc4c2C1(C)C)C3(C)C. The zero-order valence-corrected chi connectivity index (χ0v) is 51.7. The molecule has 1 amide bonds. The van der Waals surface area contributed by atoms with Gasteiger partial charge in [-0.2, -0.15) is 8.91 Å². The first-order valence-electron chi connectivity index (χ1n) is 27.4. The largest absolute Gasteiger partial charge is 0.748 e. The first kappa shape index (κ1) is 64.0. The number of amides is 1. The number of hydrogen-bond acceptors (Lipinski definition) is 19. The minimum absolute atomic E-state index is 0.0234. The summed E-state index contributed by atoms with van der Waals surface area (Å²) >= 11 is 0.776. The molecule has 6 aromatic carbocycles. The minimum Gasteiger partial charge on any atom is -0.748 e. The van der Waals surface area contributed by atoms with Crippen molar-refractivity contribution in [1.82, 2.24) is 9.62 Å². The Labute approximate surface area is 505 Å². The van der Waals surface area contributed by atoms with Crippen molar-refractivity contribution >= 4 is 97.0 Å². The van der Waals surface area contributed by atoms with E-state index in [1.165, 1.54) is 23.5 Å². The first-order chi connectivity index (χ1) is 40.6. The third-order valence-electron chi connectivity index (χ3n) is 15.8. The van der Waals surface area contributed by atoms with E-state index in [2.05, 4.69) is 14.7 Å². The van der Waals surface area contributed by atoms with E-state index in [1.54, 1.807) is 48.6 Å². The lowest BCUT2D eigenvalue weighted by atomic mass is 9.79. The molecule has 0 bridgehead atoms. The zero-order chi connectivity index (χ0) is 62.0. The first-order valence-corrected chi connectivity index (χ1v) is 34.2. The molecule has 3 aliphatic heterocycles. The molecule has 6 aromatic rings. The van der Waals surface area contributed by atoms with E-state index in [9.17, 15) is 57.4 Å². The molecule has 0 spiro atoms. The van der Waals surface area contributed by atoms with Gasteiger partial charge in [-0.1, -0.05) is 86.7 Å². The lowest BCUT2D eigenvalue weighted by molar-refractivity contribution is -0.777. The van der Waals surface area contributed by atoms with Crippen molar-refractivity contribution in [3.05, 3.63) is 161 Å². The Balaban J connectivity index is 0.952. The molecule has 26 heteroatoms. The molecule has 0 fully saturated rings. The monoisotopic (exact) mass is 1270 g/mol. The highest BCUT2D eigenvalue weighted by atomic mass is 32.2. The second-order valence-electron chi connectivity index (χ2n) is 22.0. The quantitative estimate of drug-likeness (QED) is 0.0104. The fraction of sp³-hybridized carbons (Fsp3) is 0.333. The van der Waals surface area contributed by atoms with E-state index < -0.39 is 66.8 Å². The molecule has 1 N–H and O–H groups in total. The van der Waals surface area contributed by atoms with Gasteiger partial charge in [-0.15, -0.1) is 0 Å². The van der Waals surface area contributed by atoms with Gasteiger partial charge < -0.3 is 38.6 Å². The van der Waals surface area contributed by atoms with Crippen molar-refractivity contribution in [2.75, 3.05) is 56.4 Å². The van der Waals surface area contributed by atoms with Gasteiger partial charge in [0, 0.05) is 114 Å². The number of benzene rings is 6. The number of carbonyl (C=O) groups is 1. The molecule has 86 heavy (non-hydrogen) atoms. The van der Waals surface area contributed by atoms with Gasteiger partial charge in [-0.25, -0.2) is 38.0 Å². The van der Waals surface area contributed by atoms with Crippen LogP contribution >= 0.6 is 12.0 Å². The summed E-state index contributed by atoms with van der Waals surface area (Å²) in [7, 11) is -17.7. The Morgan fingerprint density at radius 1 is 0.756 bits per heavy atom. The van der Waals surface area contributed by atoms with Crippen LogP contribution in [-0.2, 0) is 65.4 Å². The Hall–Kier alpha value is -6.53. The van der Waals surface area contributed by atoms with Gasteiger partial charge in [-0.05, 0) is 109 Å². The predicted octanol–water partition coefficient (Wildman–Crippen LogP) is 7.64. The molecule has 1 atom stereocenters. The maximum Gasteiger partial charge on any atom is 0.243 e. The second-order valence-corrected chi connectivity index (χ2v) is 29.0. The number of nitrogens with zero attached hydrogens (tertiary/aromatic N) is 3. The molecule has 21 nitrogen and oxygen atoms in total. The van der Waals surface area contributed by atoms with Crippen molar-refractivity contribution in [3.63, 3.8) is 0 Å². The summed E-state index contributed by atoms with van der Waals surface area (Å²) in [6, 6.07) is 28.9. The smallest absolute Gasteiger partial charge is 0.243 e. The molecule has 3 aliphatic rings. The normalized spacial score (nSPS) is 16.6. The van der Waals surface area contributed by atoms with Crippen LogP contribution in [0.1, 0.15) is 88.0 Å². The van der Waals surface area contributed by atoms with Crippen LogP contribution in [0.15, 0.2) is 154 Å². The van der Waals surface area contributed by atoms with Crippen molar-refractivity contribution < 1.29 is 80.8 Å². The Morgan fingerprint density at radius 2 is 1.49 bits per heavy atom. The van der Waals surface area contributed by atoms with Gasteiger partial charge in [0.2, 0.25) is 28.4 Å². The van der Waals surface area contributed by atoms with Gasteiger partial charge in [-0.3, -0.25) is 9.83 Å². The Morgan fingerprint density at radius 3 is 2.21 bits per heavy atom. The standard InChI is InChI=1S/C60H66N4O17S5/c1-59(2)54(20-10-7-11-21-55-60(3,4)58-47-37-42(85(72,73)74)38-53(86(75,76)77)45(47)25-27-49(58)63(55)32-14-34-82-81-80-66)64(33-15-35-83(67,68)69)48-26-24-44-46(57(48)59)18-12-19-52(44)84(70,71)62(5)31-13-22-56(65)61-30-29-43(40-16-8-6-9-17-40)41-23-28-50-51(36-41)79-39-78-50/h6-12,16-21,23-28,36-38,43H,13-15,22,29-35,39H2,1-5H3,(H4-,61,65,66,67,68,69,72,73,74,75,76,77)/p-3. The number of fused-ring (bicyclic) bond motifs is 7. The van der Waals surface area contributed by atoms with Gasteiger partial charge >= 0.3 is 0 Å². The fourth-order valence-electron chi connectivity index (χ4n) is 11.9. The molecule has 0 saturated carbocycles. The number of hydrogen-bond donors (Lipinski definition) is 1. The van der Waals surface area contributed by atoms with Gasteiger partial charge in [0.25, 0.3) is 0 Å². The third-order valence-corrected chi connectivity index (χ3v) is 20.8. The average molecular weight is 1270 g/mol. The Kier molecular flexibility index (Phi) is 19.1. The molecule has 3 heterocycles. The van der Waals surface area contributed by atoms with Gasteiger partial charge in [0.1, 0.15) is 26.8 Å². The van der Waals surface area contributed by atoms with Crippen LogP contribution in [0.3, 0.4) is 0 Å². The van der Waals surface area contributed by atoms with Crippen molar-refractivity contribution in [2.24, 2.45) is 0 Å². The molecule has 9 rings (SSSR count). The summed E-state index contributed by atoms with van der Waals surface area (Å²) in [5.41, 5.74) is 3.98. The number of anilines is 1. The van der Waals surface area contributed by atoms with E-state index in [4.69, 9.17) is 9.47 Å². The molecule has 0 aliphatic carbocycles. The van der Waals surface area contributed by atoms with E-state index >= 15 is 0 Å². The second kappa shape index (κ2) is 25.7. The van der Waals surface area contributed by atoms with Crippen LogP contribution < -0.4 is 24.9 Å². The molecule has 0 saturated heterocycles. The molecule has 0 aromatic heterocycles. The summed E-state index contributed by atoms with van der Waals surface area (Å²) < 4.78 is 158. The number of nitrogens with one attached hydrogen (secondary N) is 1. The van der Waals surface area contributed by atoms with E-state index in [0.717, 1.165) is 34.8 Å². The minimum atomic E-state index is -5.27. The van der Waals surface area contributed by atoms with Crippen molar-refractivity contribution in [2.45, 2.75) is 91.2 Å². The van der Waals surface area contributed by atoms with E-state index in [-0.39, 0.29) is 66.6 Å².